The molecule has 0 saturated carbocycles. The second kappa shape index (κ2) is 7.51. The van der Waals surface area contributed by atoms with Gasteiger partial charge < -0.3 is 23.7 Å². The Morgan fingerprint density at radius 1 is 1.05 bits per heavy atom. The Bertz CT molecular complexity index is 349. The van der Waals surface area contributed by atoms with Crippen molar-refractivity contribution < 1.29 is 37.7 Å². The fraction of sp³-hybridized carbons (Fsp3) is 0.833. The van der Waals surface area contributed by atoms with Gasteiger partial charge >= 0.3 is 11.9 Å². The van der Waals surface area contributed by atoms with Crippen molar-refractivity contribution >= 4 is 11.9 Å². The fourth-order valence-corrected chi connectivity index (χ4v) is 2.05. The lowest BCUT2D eigenvalue weighted by Crippen LogP contribution is -2.60. The summed E-state index contributed by atoms with van der Waals surface area (Å²) in [6, 6.07) is 0. The Kier molecular flexibility index (Phi) is 6.31. The predicted octanol–water partition coefficient (Wildman–Crippen LogP) is 0.206. The van der Waals surface area contributed by atoms with E-state index in [0.717, 1.165) is 0 Å². The van der Waals surface area contributed by atoms with Crippen LogP contribution in [0.25, 0.3) is 0 Å². The summed E-state index contributed by atoms with van der Waals surface area (Å²) >= 11 is 0. The van der Waals surface area contributed by atoms with Gasteiger partial charge in [-0.3, -0.25) is 9.59 Å². The van der Waals surface area contributed by atoms with Crippen LogP contribution >= 0.6 is 0 Å². The molecule has 0 amide bonds. The van der Waals surface area contributed by atoms with E-state index in [0.29, 0.717) is 0 Å². The number of ether oxygens (including phenoxy) is 5. The number of rotatable bonds is 5. The van der Waals surface area contributed by atoms with Gasteiger partial charge in [0.05, 0.1) is 0 Å². The zero-order valence-electron chi connectivity index (χ0n) is 11.8. The van der Waals surface area contributed by atoms with Crippen molar-refractivity contribution in [2.24, 2.45) is 0 Å². The minimum Gasteiger partial charge on any atom is -0.463 e. The quantitative estimate of drug-likeness (QED) is 0.670. The van der Waals surface area contributed by atoms with E-state index in [-0.39, 0.29) is 6.61 Å². The van der Waals surface area contributed by atoms with Crippen LogP contribution in [0.4, 0.5) is 4.39 Å². The predicted molar refractivity (Wildman–Crippen MR) is 63.6 cm³/mol. The van der Waals surface area contributed by atoms with E-state index in [2.05, 4.69) is 0 Å². The molecular weight excluding hydrogens is 275 g/mol. The highest BCUT2D eigenvalue weighted by atomic mass is 19.1. The third kappa shape index (κ3) is 4.12. The lowest BCUT2D eigenvalue weighted by molar-refractivity contribution is -0.278. The first-order valence-electron chi connectivity index (χ1n) is 6.06. The monoisotopic (exact) mass is 294 g/mol. The van der Waals surface area contributed by atoms with Crippen LogP contribution in [0.3, 0.4) is 0 Å². The van der Waals surface area contributed by atoms with E-state index >= 15 is 0 Å². The number of carbonyl (C=O) groups excluding carboxylic acids is 2. The van der Waals surface area contributed by atoms with Crippen LogP contribution in [0.5, 0.6) is 0 Å². The Labute approximate surface area is 116 Å². The van der Waals surface area contributed by atoms with Gasteiger partial charge in [-0.1, -0.05) is 0 Å². The van der Waals surface area contributed by atoms with Crippen molar-refractivity contribution in [3.05, 3.63) is 0 Å². The summed E-state index contributed by atoms with van der Waals surface area (Å²) in [6.45, 7) is 2.17. The topological polar surface area (TPSA) is 80.3 Å². The van der Waals surface area contributed by atoms with E-state index in [1.807, 2.05) is 0 Å². The molecule has 1 rings (SSSR count). The summed E-state index contributed by atoms with van der Waals surface area (Å²) in [6.07, 6.45) is -5.59. The SMILES string of the molecule is CO[C@@H]1[C@@H](OC)[C@@H](F)O[C@H](COC(C)=O)[C@H]1OC(C)=O. The fourth-order valence-electron chi connectivity index (χ4n) is 2.05. The molecule has 1 aliphatic rings. The highest BCUT2D eigenvalue weighted by Crippen LogP contribution is 2.28. The molecule has 0 aromatic rings. The van der Waals surface area contributed by atoms with Crippen LogP contribution in [0.2, 0.25) is 0 Å². The van der Waals surface area contributed by atoms with Crippen molar-refractivity contribution in [3.63, 3.8) is 0 Å². The third-order valence-electron chi connectivity index (χ3n) is 2.87. The van der Waals surface area contributed by atoms with Crippen molar-refractivity contribution in [1.82, 2.24) is 0 Å². The Hall–Kier alpha value is -1.25. The zero-order chi connectivity index (χ0) is 15.3. The maximum atomic E-state index is 13.9. The standard InChI is InChI=1S/C12H19FO7/c1-6(14)18-5-8-9(19-7(2)15)10(16-3)11(17-4)12(13)20-8/h8-12H,5H2,1-4H3/t8-,9-,10+,11-,12+/m1/s1. The molecule has 0 aliphatic carbocycles. The van der Waals surface area contributed by atoms with Gasteiger partial charge in [0.15, 0.2) is 6.10 Å². The molecule has 20 heavy (non-hydrogen) atoms. The summed E-state index contributed by atoms with van der Waals surface area (Å²) in [5.41, 5.74) is 0. The summed E-state index contributed by atoms with van der Waals surface area (Å²) in [5.74, 6) is -1.13. The van der Waals surface area contributed by atoms with Gasteiger partial charge in [0.1, 0.15) is 24.9 Å². The Balaban J connectivity index is 2.89. The van der Waals surface area contributed by atoms with Crippen LogP contribution in [0.15, 0.2) is 0 Å². The molecule has 1 aliphatic heterocycles. The summed E-state index contributed by atoms with van der Waals surface area (Å²) < 4.78 is 38.9. The molecule has 0 aromatic carbocycles. The van der Waals surface area contributed by atoms with Crippen molar-refractivity contribution in [2.75, 3.05) is 20.8 Å². The smallest absolute Gasteiger partial charge is 0.303 e. The normalized spacial score (nSPS) is 33.5. The maximum Gasteiger partial charge on any atom is 0.303 e. The molecule has 116 valence electrons. The molecule has 8 heteroatoms. The van der Waals surface area contributed by atoms with Gasteiger partial charge in [-0.15, -0.1) is 0 Å². The average molecular weight is 294 g/mol. The Morgan fingerprint density at radius 2 is 1.65 bits per heavy atom. The molecule has 1 saturated heterocycles. The third-order valence-corrected chi connectivity index (χ3v) is 2.87. The molecule has 7 nitrogen and oxygen atoms in total. The van der Waals surface area contributed by atoms with Gasteiger partial charge in [0.2, 0.25) is 6.36 Å². The molecule has 0 N–H and O–H groups in total. The number of carbonyl (C=O) groups is 2. The van der Waals surface area contributed by atoms with Crippen LogP contribution in [0, 0.1) is 0 Å². The van der Waals surface area contributed by atoms with Crippen molar-refractivity contribution in [2.45, 2.75) is 44.6 Å². The maximum absolute atomic E-state index is 13.9. The van der Waals surface area contributed by atoms with E-state index in [4.69, 9.17) is 23.7 Å². The lowest BCUT2D eigenvalue weighted by Gasteiger charge is -2.41. The number of hydrogen-bond acceptors (Lipinski definition) is 7. The molecule has 1 heterocycles. The zero-order valence-corrected chi connectivity index (χ0v) is 11.8. The second-order valence-corrected chi connectivity index (χ2v) is 4.30. The van der Waals surface area contributed by atoms with Crippen molar-refractivity contribution in [3.8, 4) is 0 Å². The number of halogens is 1. The number of esters is 2. The van der Waals surface area contributed by atoms with Crippen LogP contribution < -0.4 is 0 Å². The summed E-state index contributed by atoms with van der Waals surface area (Å²) in [5, 5.41) is 0. The molecule has 0 bridgehead atoms. The van der Waals surface area contributed by atoms with Crippen LogP contribution in [0.1, 0.15) is 13.8 Å². The number of hydrogen-bond donors (Lipinski definition) is 0. The van der Waals surface area contributed by atoms with E-state index in [1.54, 1.807) is 0 Å². The van der Waals surface area contributed by atoms with E-state index in [9.17, 15) is 14.0 Å². The lowest BCUT2D eigenvalue weighted by atomic mass is 9.99. The number of methoxy groups -OCH3 is 2. The van der Waals surface area contributed by atoms with Gasteiger partial charge in [-0.25, -0.2) is 4.39 Å². The first-order valence-corrected chi connectivity index (χ1v) is 6.06. The molecule has 5 atom stereocenters. The first-order chi connectivity index (χ1) is 9.40. The first kappa shape index (κ1) is 16.8. The molecule has 0 radical (unpaired) electrons. The van der Waals surface area contributed by atoms with Crippen LogP contribution in [-0.2, 0) is 33.3 Å². The molecule has 0 spiro atoms. The molecule has 0 unspecified atom stereocenters. The molecular formula is C12H19FO7. The largest absolute Gasteiger partial charge is 0.463 e. The summed E-state index contributed by atoms with van der Waals surface area (Å²) in [4.78, 5) is 22.0. The van der Waals surface area contributed by atoms with E-state index in [1.165, 1.54) is 28.1 Å². The minimum atomic E-state index is -1.78. The van der Waals surface area contributed by atoms with Gasteiger partial charge in [-0.05, 0) is 0 Å². The summed E-state index contributed by atoms with van der Waals surface area (Å²) in [7, 11) is 2.64. The van der Waals surface area contributed by atoms with E-state index < -0.39 is 42.7 Å². The van der Waals surface area contributed by atoms with Gasteiger partial charge in [0.25, 0.3) is 0 Å². The second-order valence-electron chi connectivity index (χ2n) is 4.30. The van der Waals surface area contributed by atoms with Gasteiger partial charge in [0, 0.05) is 28.1 Å². The highest BCUT2D eigenvalue weighted by molar-refractivity contribution is 5.66. The minimum absolute atomic E-state index is 0.246. The number of alkyl halides is 1. The van der Waals surface area contributed by atoms with Gasteiger partial charge in [-0.2, -0.15) is 0 Å². The Morgan fingerprint density at radius 3 is 2.10 bits per heavy atom. The molecule has 0 aromatic heterocycles. The average Bonchev–Trinajstić information content (AvgIpc) is 2.37. The highest BCUT2D eigenvalue weighted by Gasteiger charge is 2.49. The van der Waals surface area contributed by atoms with Crippen LogP contribution in [-0.4, -0.2) is 63.5 Å². The molecule has 1 fully saturated rings. The van der Waals surface area contributed by atoms with Crippen molar-refractivity contribution in [1.29, 1.82) is 0 Å².